The molecule has 58 valence electrons. The molecule has 1 aliphatic carbocycles. The fourth-order valence-electron chi connectivity index (χ4n) is 1.25. The van der Waals surface area contributed by atoms with Crippen molar-refractivity contribution in [2.45, 2.75) is 26.2 Å². The van der Waals surface area contributed by atoms with Crippen molar-refractivity contribution in [3.8, 4) is 0 Å². The summed E-state index contributed by atoms with van der Waals surface area (Å²) >= 11 is 0. The number of rotatable bonds is 4. The summed E-state index contributed by atoms with van der Waals surface area (Å²) in [7, 11) is 0. The second-order valence-corrected chi connectivity index (χ2v) is 3.30. The van der Waals surface area contributed by atoms with Crippen LogP contribution in [0, 0.1) is 22.0 Å². The fourth-order valence-corrected chi connectivity index (χ4v) is 1.25. The predicted octanol–water partition coefficient (Wildman–Crippen LogP) is 1.70. The maximum atomic E-state index is 10.0. The first-order valence-corrected chi connectivity index (χ1v) is 3.80. The van der Waals surface area contributed by atoms with E-state index in [9.17, 15) is 10.1 Å². The average Bonchev–Trinajstić information content (AvgIpc) is 2.46. The number of hydrogen-bond acceptors (Lipinski definition) is 2. The van der Waals surface area contributed by atoms with Crippen molar-refractivity contribution in [3.05, 3.63) is 10.1 Å². The van der Waals surface area contributed by atoms with Gasteiger partial charge in [-0.1, -0.05) is 19.8 Å². The molecule has 0 aromatic heterocycles. The lowest BCUT2D eigenvalue weighted by atomic mass is 10.1. The highest BCUT2D eigenvalue weighted by Crippen LogP contribution is 2.35. The SMILES string of the molecule is CC(CC1CC1)C[N+](=O)[O-]. The topological polar surface area (TPSA) is 43.1 Å². The Hall–Kier alpha value is -0.600. The van der Waals surface area contributed by atoms with Crippen molar-refractivity contribution in [2.75, 3.05) is 6.54 Å². The van der Waals surface area contributed by atoms with E-state index in [1.165, 1.54) is 12.8 Å². The van der Waals surface area contributed by atoms with Crippen molar-refractivity contribution in [1.82, 2.24) is 0 Å². The molecule has 1 atom stereocenters. The molecule has 0 heterocycles. The second kappa shape index (κ2) is 2.99. The van der Waals surface area contributed by atoms with Gasteiger partial charge in [0.05, 0.1) is 0 Å². The number of nitrogens with zero attached hydrogens (tertiary/aromatic N) is 1. The predicted molar refractivity (Wildman–Crippen MR) is 38.4 cm³/mol. The summed E-state index contributed by atoms with van der Waals surface area (Å²) in [6.07, 6.45) is 3.64. The monoisotopic (exact) mass is 143 g/mol. The van der Waals surface area contributed by atoms with E-state index in [1.54, 1.807) is 0 Å². The Labute approximate surface area is 60.6 Å². The Morgan fingerprint density at radius 1 is 1.70 bits per heavy atom. The Bertz CT molecular complexity index is 132. The minimum atomic E-state index is -0.215. The van der Waals surface area contributed by atoms with Crippen LogP contribution in [0.2, 0.25) is 0 Å². The molecule has 0 aliphatic heterocycles. The standard InChI is InChI=1S/C7H13NO2/c1-6(5-8(9)10)4-7-2-3-7/h6-7H,2-5H2,1H3. The van der Waals surface area contributed by atoms with Gasteiger partial charge >= 0.3 is 0 Å². The van der Waals surface area contributed by atoms with Crippen LogP contribution < -0.4 is 0 Å². The third-order valence-corrected chi connectivity index (χ3v) is 1.89. The Morgan fingerprint density at radius 2 is 2.30 bits per heavy atom. The van der Waals surface area contributed by atoms with Gasteiger partial charge in [-0.2, -0.15) is 0 Å². The second-order valence-electron chi connectivity index (χ2n) is 3.30. The van der Waals surface area contributed by atoms with Gasteiger partial charge in [0, 0.05) is 10.8 Å². The maximum absolute atomic E-state index is 10.0. The summed E-state index contributed by atoms with van der Waals surface area (Å²) in [5.41, 5.74) is 0. The minimum absolute atomic E-state index is 0.149. The Balaban J connectivity index is 2.07. The van der Waals surface area contributed by atoms with Crippen molar-refractivity contribution in [1.29, 1.82) is 0 Å². The van der Waals surface area contributed by atoms with E-state index >= 15 is 0 Å². The van der Waals surface area contributed by atoms with Crippen LogP contribution in [0.25, 0.3) is 0 Å². The van der Waals surface area contributed by atoms with Gasteiger partial charge in [0.1, 0.15) is 0 Å². The molecule has 1 aliphatic rings. The lowest BCUT2D eigenvalue weighted by Crippen LogP contribution is -2.11. The van der Waals surface area contributed by atoms with Crippen LogP contribution in [0.1, 0.15) is 26.2 Å². The molecular formula is C7H13NO2. The molecule has 0 bridgehead atoms. The molecule has 0 amide bonds. The molecule has 1 unspecified atom stereocenters. The quantitative estimate of drug-likeness (QED) is 0.444. The van der Waals surface area contributed by atoms with Crippen LogP contribution in [0.15, 0.2) is 0 Å². The van der Waals surface area contributed by atoms with E-state index < -0.39 is 0 Å². The van der Waals surface area contributed by atoms with E-state index in [-0.39, 0.29) is 17.4 Å². The maximum Gasteiger partial charge on any atom is 0.206 e. The highest BCUT2D eigenvalue weighted by molar-refractivity contribution is 4.74. The number of hydrogen-bond donors (Lipinski definition) is 0. The van der Waals surface area contributed by atoms with Gasteiger partial charge in [0.15, 0.2) is 0 Å². The fraction of sp³-hybridized carbons (Fsp3) is 1.00. The van der Waals surface area contributed by atoms with Gasteiger partial charge < -0.3 is 0 Å². The summed E-state index contributed by atoms with van der Waals surface area (Å²) in [4.78, 5) is 9.80. The molecular weight excluding hydrogens is 130 g/mol. The molecule has 0 N–H and O–H groups in total. The van der Waals surface area contributed by atoms with E-state index in [2.05, 4.69) is 0 Å². The molecule has 3 nitrogen and oxygen atoms in total. The summed E-state index contributed by atoms with van der Waals surface area (Å²) in [5.74, 6) is 1.09. The third kappa shape index (κ3) is 2.80. The lowest BCUT2D eigenvalue weighted by molar-refractivity contribution is -0.487. The molecule has 1 rings (SSSR count). The first kappa shape index (κ1) is 7.51. The number of nitro groups is 1. The lowest BCUT2D eigenvalue weighted by Gasteiger charge is -2.02. The van der Waals surface area contributed by atoms with Crippen molar-refractivity contribution >= 4 is 0 Å². The zero-order valence-electron chi connectivity index (χ0n) is 6.25. The zero-order valence-corrected chi connectivity index (χ0v) is 6.25. The minimum Gasteiger partial charge on any atom is -0.265 e. The van der Waals surface area contributed by atoms with Gasteiger partial charge in [0.2, 0.25) is 6.54 Å². The molecule has 1 fully saturated rings. The molecule has 0 radical (unpaired) electrons. The Kier molecular flexibility index (Phi) is 2.25. The van der Waals surface area contributed by atoms with Crippen molar-refractivity contribution in [2.24, 2.45) is 11.8 Å². The first-order chi connectivity index (χ1) is 4.68. The van der Waals surface area contributed by atoms with E-state index in [4.69, 9.17) is 0 Å². The van der Waals surface area contributed by atoms with Gasteiger partial charge in [0.25, 0.3) is 0 Å². The molecule has 0 aromatic rings. The molecule has 3 heteroatoms. The summed E-state index contributed by atoms with van der Waals surface area (Å²) in [5, 5.41) is 10.0. The summed E-state index contributed by atoms with van der Waals surface area (Å²) in [6.45, 7) is 2.11. The molecule has 0 aromatic carbocycles. The Morgan fingerprint density at radius 3 is 2.70 bits per heavy atom. The molecule has 0 saturated heterocycles. The molecule has 1 saturated carbocycles. The average molecular weight is 143 g/mol. The van der Waals surface area contributed by atoms with Gasteiger partial charge in [-0.3, -0.25) is 10.1 Å². The van der Waals surface area contributed by atoms with Gasteiger partial charge in [-0.05, 0) is 12.3 Å². The van der Waals surface area contributed by atoms with Gasteiger partial charge in [-0.25, -0.2) is 0 Å². The van der Waals surface area contributed by atoms with Crippen molar-refractivity contribution in [3.63, 3.8) is 0 Å². The van der Waals surface area contributed by atoms with Crippen LogP contribution in [0.3, 0.4) is 0 Å². The largest absolute Gasteiger partial charge is 0.265 e. The highest BCUT2D eigenvalue weighted by atomic mass is 16.6. The van der Waals surface area contributed by atoms with Crippen LogP contribution in [0.4, 0.5) is 0 Å². The van der Waals surface area contributed by atoms with Crippen LogP contribution in [-0.4, -0.2) is 11.5 Å². The molecule has 10 heavy (non-hydrogen) atoms. The van der Waals surface area contributed by atoms with E-state index in [1.807, 2.05) is 6.92 Å². The van der Waals surface area contributed by atoms with Crippen molar-refractivity contribution < 1.29 is 4.92 Å². The highest BCUT2D eigenvalue weighted by Gasteiger charge is 2.25. The van der Waals surface area contributed by atoms with Gasteiger partial charge in [-0.15, -0.1) is 0 Å². The van der Waals surface area contributed by atoms with E-state index in [0.29, 0.717) is 0 Å². The third-order valence-electron chi connectivity index (χ3n) is 1.89. The summed E-state index contributed by atoms with van der Waals surface area (Å²) < 4.78 is 0. The first-order valence-electron chi connectivity index (χ1n) is 3.80. The summed E-state index contributed by atoms with van der Waals surface area (Å²) in [6, 6.07) is 0. The smallest absolute Gasteiger partial charge is 0.206 e. The van der Waals surface area contributed by atoms with Crippen LogP contribution in [0.5, 0.6) is 0 Å². The zero-order chi connectivity index (χ0) is 7.56. The normalized spacial score (nSPS) is 20.5. The van der Waals surface area contributed by atoms with Crippen LogP contribution in [-0.2, 0) is 0 Å². The van der Waals surface area contributed by atoms with E-state index in [0.717, 1.165) is 12.3 Å². The molecule has 0 spiro atoms. The van der Waals surface area contributed by atoms with Crippen LogP contribution >= 0.6 is 0 Å².